The molecule has 0 radical (unpaired) electrons. The fraction of sp³-hybridized carbons (Fsp3) is 0.950. The van der Waals surface area contributed by atoms with Crippen molar-refractivity contribution in [2.45, 2.75) is 70.8 Å². The van der Waals surface area contributed by atoms with Crippen LogP contribution in [-0.2, 0) is 9.47 Å². The first kappa shape index (κ1) is 20.5. The van der Waals surface area contributed by atoms with Crippen LogP contribution in [0.3, 0.4) is 0 Å². The largest absolute Gasteiger partial charge is 0.381 e. The molecule has 1 aliphatic carbocycles. The molecule has 2 N–H and O–H groups in total. The van der Waals surface area contributed by atoms with Crippen LogP contribution in [0.5, 0.6) is 0 Å². The van der Waals surface area contributed by atoms with E-state index < -0.39 is 0 Å². The summed E-state index contributed by atoms with van der Waals surface area (Å²) in [5, 5.41) is 7.03. The van der Waals surface area contributed by atoms with Crippen LogP contribution in [-0.4, -0.2) is 52.0 Å². The Balaban J connectivity index is 1.49. The van der Waals surface area contributed by atoms with Crippen molar-refractivity contribution in [2.75, 3.05) is 40.0 Å². The molecule has 1 saturated heterocycles. The minimum absolute atomic E-state index is 0.587. The van der Waals surface area contributed by atoms with E-state index in [4.69, 9.17) is 9.47 Å². The van der Waals surface area contributed by atoms with Crippen molar-refractivity contribution in [3.63, 3.8) is 0 Å². The molecule has 2 fully saturated rings. The highest BCUT2D eigenvalue weighted by Gasteiger charge is 2.21. The highest BCUT2D eigenvalue weighted by Crippen LogP contribution is 2.27. The Morgan fingerprint density at radius 1 is 1.08 bits per heavy atom. The Morgan fingerprint density at radius 2 is 1.84 bits per heavy atom. The van der Waals surface area contributed by atoms with Gasteiger partial charge in [0.2, 0.25) is 0 Å². The monoisotopic (exact) mass is 353 g/mol. The molecule has 0 amide bonds. The van der Waals surface area contributed by atoms with E-state index in [1.54, 1.807) is 0 Å². The number of aliphatic imine (C=N–C) groups is 1. The molecule has 2 rings (SSSR count). The molecule has 0 aromatic carbocycles. The molecular weight excluding hydrogens is 314 g/mol. The van der Waals surface area contributed by atoms with Gasteiger partial charge in [-0.1, -0.05) is 19.8 Å². The molecule has 2 aliphatic rings. The number of hydrogen-bond acceptors (Lipinski definition) is 3. The molecule has 5 nitrogen and oxygen atoms in total. The Morgan fingerprint density at radius 3 is 2.52 bits per heavy atom. The second-order valence-corrected chi connectivity index (χ2v) is 7.63. The summed E-state index contributed by atoms with van der Waals surface area (Å²) in [5.74, 6) is 2.59. The molecule has 5 heteroatoms. The van der Waals surface area contributed by atoms with E-state index in [0.29, 0.717) is 12.0 Å². The molecular formula is C20H39N3O2. The lowest BCUT2D eigenvalue weighted by Crippen LogP contribution is -2.45. The number of guanidine groups is 1. The summed E-state index contributed by atoms with van der Waals surface area (Å²) >= 11 is 0. The van der Waals surface area contributed by atoms with Crippen molar-refractivity contribution in [1.82, 2.24) is 10.6 Å². The number of ether oxygens (including phenoxy) is 2. The Hall–Kier alpha value is -0.810. The molecule has 0 bridgehead atoms. The van der Waals surface area contributed by atoms with Crippen molar-refractivity contribution in [3.05, 3.63) is 0 Å². The fourth-order valence-corrected chi connectivity index (χ4v) is 3.94. The smallest absolute Gasteiger partial charge is 0.191 e. The summed E-state index contributed by atoms with van der Waals surface area (Å²) in [6, 6.07) is 0.587. The van der Waals surface area contributed by atoms with Gasteiger partial charge in [0.1, 0.15) is 0 Å². The molecule has 1 saturated carbocycles. The van der Waals surface area contributed by atoms with E-state index in [0.717, 1.165) is 64.1 Å². The highest BCUT2D eigenvalue weighted by atomic mass is 16.5. The van der Waals surface area contributed by atoms with Gasteiger partial charge in [0, 0.05) is 46.1 Å². The van der Waals surface area contributed by atoms with Crippen LogP contribution in [0.15, 0.2) is 4.99 Å². The van der Waals surface area contributed by atoms with Crippen LogP contribution in [0, 0.1) is 11.8 Å². The fourth-order valence-electron chi connectivity index (χ4n) is 3.94. The van der Waals surface area contributed by atoms with Gasteiger partial charge in [-0.15, -0.1) is 0 Å². The molecule has 0 atom stereocenters. The molecule has 0 aromatic rings. The summed E-state index contributed by atoms with van der Waals surface area (Å²) in [4.78, 5) is 4.37. The second kappa shape index (κ2) is 12.5. The van der Waals surface area contributed by atoms with E-state index in [1.165, 1.54) is 38.5 Å². The highest BCUT2D eigenvalue weighted by molar-refractivity contribution is 5.79. The summed E-state index contributed by atoms with van der Waals surface area (Å²) in [6.45, 7) is 6.72. The predicted molar refractivity (Wildman–Crippen MR) is 104 cm³/mol. The quantitative estimate of drug-likeness (QED) is 0.379. The SMILES string of the molecule is CCCC1CCC(NC(=NC)NCCCOCC2CCOCC2)CC1. The third-order valence-electron chi connectivity index (χ3n) is 5.56. The molecule has 0 aromatic heterocycles. The second-order valence-electron chi connectivity index (χ2n) is 7.63. The maximum Gasteiger partial charge on any atom is 0.191 e. The van der Waals surface area contributed by atoms with Gasteiger partial charge in [-0.2, -0.15) is 0 Å². The van der Waals surface area contributed by atoms with E-state index in [-0.39, 0.29) is 0 Å². The van der Waals surface area contributed by atoms with Crippen molar-refractivity contribution < 1.29 is 9.47 Å². The first-order valence-electron chi connectivity index (χ1n) is 10.4. The molecule has 1 aliphatic heterocycles. The third-order valence-corrected chi connectivity index (χ3v) is 5.56. The van der Waals surface area contributed by atoms with Gasteiger partial charge in [0.15, 0.2) is 5.96 Å². The average molecular weight is 354 g/mol. The van der Waals surface area contributed by atoms with E-state index in [9.17, 15) is 0 Å². The normalized spacial score (nSPS) is 25.8. The molecule has 0 unspecified atom stereocenters. The molecule has 146 valence electrons. The van der Waals surface area contributed by atoms with E-state index in [1.807, 2.05) is 7.05 Å². The zero-order valence-electron chi connectivity index (χ0n) is 16.4. The van der Waals surface area contributed by atoms with Crippen LogP contribution in [0.2, 0.25) is 0 Å². The summed E-state index contributed by atoms with van der Waals surface area (Å²) in [5.41, 5.74) is 0. The van der Waals surface area contributed by atoms with Gasteiger partial charge in [-0.05, 0) is 56.8 Å². The van der Waals surface area contributed by atoms with Crippen LogP contribution in [0.25, 0.3) is 0 Å². The van der Waals surface area contributed by atoms with E-state index in [2.05, 4.69) is 22.5 Å². The average Bonchev–Trinajstić information content (AvgIpc) is 2.66. The van der Waals surface area contributed by atoms with Crippen LogP contribution in [0.4, 0.5) is 0 Å². The lowest BCUT2D eigenvalue weighted by atomic mass is 9.83. The standard InChI is InChI=1S/C20H39N3O2/c1-3-5-17-6-8-19(9-7-17)23-20(21-2)22-12-4-13-25-16-18-10-14-24-15-11-18/h17-19H,3-16H2,1-2H3,(H2,21,22,23). The zero-order chi connectivity index (χ0) is 17.7. The number of nitrogens with zero attached hydrogens (tertiary/aromatic N) is 1. The van der Waals surface area contributed by atoms with Gasteiger partial charge < -0.3 is 20.1 Å². The molecule has 25 heavy (non-hydrogen) atoms. The first-order valence-corrected chi connectivity index (χ1v) is 10.4. The van der Waals surface area contributed by atoms with Gasteiger partial charge in [-0.25, -0.2) is 0 Å². The third kappa shape index (κ3) is 8.41. The van der Waals surface area contributed by atoms with Crippen molar-refractivity contribution in [1.29, 1.82) is 0 Å². The van der Waals surface area contributed by atoms with Gasteiger partial charge in [-0.3, -0.25) is 4.99 Å². The van der Waals surface area contributed by atoms with Crippen LogP contribution < -0.4 is 10.6 Å². The van der Waals surface area contributed by atoms with E-state index >= 15 is 0 Å². The van der Waals surface area contributed by atoms with Crippen molar-refractivity contribution in [3.8, 4) is 0 Å². The zero-order valence-corrected chi connectivity index (χ0v) is 16.4. The number of nitrogens with one attached hydrogen (secondary N) is 2. The number of hydrogen-bond donors (Lipinski definition) is 2. The minimum atomic E-state index is 0.587. The summed E-state index contributed by atoms with van der Waals surface area (Å²) in [7, 11) is 1.86. The van der Waals surface area contributed by atoms with Crippen LogP contribution >= 0.6 is 0 Å². The first-order chi connectivity index (χ1) is 12.3. The Kier molecular flexibility index (Phi) is 10.3. The Labute approximate surface area is 154 Å². The maximum atomic E-state index is 5.82. The predicted octanol–water partition coefficient (Wildman–Crippen LogP) is 3.34. The topological polar surface area (TPSA) is 54.9 Å². The van der Waals surface area contributed by atoms with Crippen molar-refractivity contribution >= 4 is 5.96 Å². The lowest BCUT2D eigenvalue weighted by molar-refractivity contribution is 0.0203. The van der Waals surface area contributed by atoms with Crippen LogP contribution in [0.1, 0.15) is 64.7 Å². The summed E-state index contributed by atoms with van der Waals surface area (Å²) < 4.78 is 11.2. The minimum Gasteiger partial charge on any atom is -0.381 e. The summed E-state index contributed by atoms with van der Waals surface area (Å²) in [6.07, 6.45) is 11.3. The van der Waals surface area contributed by atoms with Gasteiger partial charge in [0.05, 0.1) is 0 Å². The Bertz CT molecular complexity index is 362. The molecule has 0 spiro atoms. The lowest BCUT2D eigenvalue weighted by Gasteiger charge is -2.30. The van der Waals surface area contributed by atoms with Gasteiger partial charge in [0.25, 0.3) is 0 Å². The van der Waals surface area contributed by atoms with Crippen molar-refractivity contribution in [2.24, 2.45) is 16.8 Å². The maximum absolute atomic E-state index is 5.82. The van der Waals surface area contributed by atoms with Gasteiger partial charge >= 0.3 is 0 Å². The number of rotatable bonds is 9. The molecule has 1 heterocycles.